The number of allylic oxidation sites excluding steroid dienone is 2. The molecule has 1 saturated carbocycles. The van der Waals surface area contributed by atoms with Crippen molar-refractivity contribution in [1.82, 2.24) is 5.48 Å². The molecular formula is C16H25NO5. The van der Waals surface area contributed by atoms with E-state index in [1.807, 2.05) is 6.92 Å². The topological polar surface area (TPSA) is 81.7 Å². The maximum absolute atomic E-state index is 12.5. The normalized spacial score (nSPS) is 22.9. The van der Waals surface area contributed by atoms with Gasteiger partial charge in [-0.15, -0.1) is 0 Å². The molecule has 1 unspecified atom stereocenters. The van der Waals surface area contributed by atoms with Crippen molar-refractivity contribution in [1.29, 1.82) is 0 Å². The van der Waals surface area contributed by atoms with Crippen LogP contribution in [-0.4, -0.2) is 37.8 Å². The van der Waals surface area contributed by atoms with Gasteiger partial charge in [-0.1, -0.05) is 19.9 Å². The third kappa shape index (κ3) is 4.48. The zero-order valence-corrected chi connectivity index (χ0v) is 13.7. The number of carbonyl (C=O) groups excluding carboxylic acids is 3. The molecule has 0 radical (unpaired) electrons. The van der Waals surface area contributed by atoms with Gasteiger partial charge in [0.15, 0.2) is 11.6 Å². The molecule has 1 atom stereocenters. The van der Waals surface area contributed by atoms with E-state index in [2.05, 4.69) is 5.48 Å². The highest BCUT2D eigenvalue weighted by atomic mass is 16.6. The van der Waals surface area contributed by atoms with E-state index in [-0.39, 0.29) is 17.8 Å². The van der Waals surface area contributed by atoms with E-state index < -0.39 is 23.1 Å². The molecule has 1 rings (SSSR count). The molecule has 0 aromatic rings. The number of carbonyl (C=O) groups is 3. The van der Waals surface area contributed by atoms with Crippen LogP contribution < -0.4 is 5.48 Å². The van der Waals surface area contributed by atoms with Gasteiger partial charge in [0.1, 0.15) is 5.92 Å². The van der Waals surface area contributed by atoms with E-state index in [4.69, 9.17) is 9.57 Å². The Morgan fingerprint density at radius 1 is 1.41 bits per heavy atom. The van der Waals surface area contributed by atoms with Crippen molar-refractivity contribution in [3.8, 4) is 0 Å². The SMILES string of the molecule is CCONCCCC=C1C(=O)CC(C)(C)C(C(=O)OC)C1=O. The monoisotopic (exact) mass is 311 g/mol. The fraction of sp³-hybridized carbons (Fsp3) is 0.688. The molecule has 1 N–H and O–H groups in total. The van der Waals surface area contributed by atoms with Gasteiger partial charge in [-0.2, -0.15) is 0 Å². The van der Waals surface area contributed by atoms with Crippen molar-refractivity contribution in [2.24, 2.45) is 11.3 Å². The highest BCUT2D eigenvalue weighted by Crippen LogP contribution is 2.39. The van der Waals surface area contributed by atoms with Gasteiger partial charge in [-0.25, -0.2) is 5.48 Å². The summed E-state index contributed by atoms with van der Waals surface area (Å²) in [6, 6.07) is 0. The van der Waals surface area contributed by atoms with Crippen LogP contribution in [0.2, 0.25) is 0 Å². The van der Waals surface area contributed by atoms with Crippen LogP contribution >= 0.6 is 0 Å². The van der Waals surface area contributed by atoms with Crippen LogP contribution in [0.3, 0.4) is 0 Å². The van der Waals surface area contributed by atoms with E-state index in [9.17, 15) is 14.4 Å². The van der Waals surface area contributed by atoms with Gasteiger partial charge in [0.25, 0.3) is 0 Å². The Kier molecular flexibility index (Phi) is 6.90. The van der Waals surface area contributed by atoms with Crippen LogP contribution in [0.25, 0.3) is 0 Å². The highest BCUT2D eigenvalue weighted by Gasteiger charge is 2.49. The fourth-order valence-electron chi connectivity index (χ4n) is 2.61. The van der Waals surface area contributed by atoms with Crippen LogP contribution in [0, 0.1) is 11.3 Å². The van der Waals surface area contributed by atoms with Gasteiger partial charge in [0.2, 0.25) is 0 Å². The van der Waals surface area contributed by atoms with Crippen LogP contribution in [0.4, 0.5) is 0 Å². The van der Waals surface area contributed by atoms with Gasteiger partial charge in [0.05, 0.1) is 19.3 Å². The maximum atomic E-state index is 12.5. The molecule has 0 aromatic heterocycles. The molecule has 1 fully saturated rings. The number of hydrogen-bond acceptors (Lipinski definition) is 6. The number of unbranched alkanes of at least 4 members (excludes halogenated alkanes) is 1. The molecule has 0 aromatic carbocycles. The molecule has 124 valence electrons. The molecule has 6 nitrogen and oxygen atoms in total. The van der Waals surface area contributed by atoms with Crippen molar-refractivity contribution in [2.45, 2.75) is 40.0 Å². The van der Waals surface area contributed by atoms with Gasteiger partial charge in [0, 0.05) is 13.0 Å². The average molecular weight is 311 g/mol. The Labute approximate surface area is 131 Å². The minimum atomic E-state index is -0.914. The molecule has 0 saturated heterocycles. The molecule has 1 aliphatic carbocycles. The molecular weight excluding hydrogens is 286 g/mol. The predicted molar refractivity (Wildman–Crippen MR) is 80.9 cm³/mol. The molecule has 22 heavy (non-hydrogen) atoms. The van der Waals surface area contributed by atoms with Crippen LogP contribution in [0.15, 0.2) is 11.6 Å². The van der Waals surface area contributed by atoms with Crippen LogP contribution in [-0.2, 0) is 24.0 Å². The lowest BCUT2D eigenvalue weighted by molar-refractivity contribution is -0.155. The van der Waals surface area contributed by atoms with Crippen LogP contribution in [0.1, 0.15) is 40.0 Å². The third-order valence-corrected chi connectivity index (χ3v) is 3.74. The second kappa shape index (κ2) is 8.19. The lowest BCUT2D eigenvalue weighted by Crippen LogP contribution is -2.45. The molecule has 0 amide bonds. The molecule has 0 bridgehead atoms. The Hall–Kier alpha value is -1.53. The van der Waals surface area contributed by atoms with Crippen molar-refractivity contribution >= 4 is 17.5 Å². The average Bonchev–Trinajstić information content (AvgIpc) is 2.44. The first kappa shape index (κ1) is 18.5. The Bertz CT molecular complexity index is 467. The minimum absolute atomic E-state index is 0.131. The number of ketones is 2. The second-order valence-electron chi connectivity index (χ2n) is 6.00. The number of esters is 1. The molecule has 6 heteroatoms. The quantitative estimate of drug-likeness (QED) is 0.192. The van der Waals surface area contributed by atoms with E-state index in [0.29, 0.717) is 19.6 Å². The standard InChI is InChI=1S/C16H25NO5/c1-5-22-17-9-7-6-8-11-12(18)10-16(2,3)13(14(11)19)15(20)21-4/h8,13,17H,5-7,9-10H2,1-4H3. The number of Topliss-reactive ketones (excluding diaryl/α,β-unsaturated/α-hetero) is 2. The summed E-state index contributed by atoms with van der Waals surface area (Å²) in [5.74, 6) is -2.12. The Balaban J connectivity index is 2.76. The summed E-state index contributed by atoms with van der Waals surface area (Å²) in [7, 11) is 1.25. The molecule has 0 spiro atoms. The molecule has 0 aliphatic heterocycles. The zero-order chi connectivity index (χ0) is 16.8. The van der Waals surface area contributed by atoms with Crippen molar-refractivity contribution in [3.05, 3.63) is 11.6 Å². The molecule has 0 heterocycles. The summed E-state index contributed by atoms with van der Waals surface area (Å²) in [4.78, 5) is 41.5. The summed E-state index contributed by atoms with van der Waals surface area (Å²) in [5.41, 5.74) is 2.19. The van der Waals surface area contributed by atoms with E-state index in [1.54, 1.807) is 19.9 Å². The largest absolute Gasteiger partial charge is 0.468 e. The summed E-state index contributed by atoms with van der Waals surface area (Å²) in [6.07, 6.45) is 3.10. The lowest BCUT2D eigenvalue weighted by atomic mass is 9.66. The van der Waals surface area contributed by atoms with Gasteiger partial charge >= 0.3 is 5.97 Å². The number of rotatable bonds is 7. The summed E-state index contributed by atoms with van der Waals surface area (Å²) in [6.45, 7) is 6.57. The second-order valence-corrected chi connectivity index (χ2v) is 6.00. The van der Waals surface area contributed by atoms with Gasteiger partial charge in [-0.05, 0) is 25.2 Å². The van der Waals surface area contributed by atoms with E-state index in [0.717, 1.165) is 6.42 Å². The number of hydrogen-bond donors (Lipinski definition) is 1. The number of nitrogens with one attached hydrogen (secondary N) is 1. The van der Waals surface area contributed by atoms with Crippen molar-refractivity contribution in [3.63, 3.8) is 0 Å². The zero-order valence-electron chi connectivity index (χ0n) is 13.7. The first-order chi connectivity index (χ1) is 10.3. The van der Waals surface area contributed by atoms with Gasteiger partial charge in [-0.3, -0.25) is 14.4 Å². The fourth-order valence-corrected chi connectivity index (χ4v) is 2.61. The smallest absolute Gasteiger partial charge is 0.317 e. The predicted octanol–water partition coefficient (Wildman–Crippen LogP) is 1.59. The van der Waals surface area contributed by atoms with Crippen molar-refractivity contribution in [2.75, 3.05) is 20.3 Å². The Morgan fingerprint density at radius 2 is 2.09 bits per heavy atom. The van der Waals surface area contributed by atoms with E-state index in [1.165, 1.54) is 7.11 Å². The number of ether oxygens (including phenoxy) is 1. The summed E-state index contributed by atoms with van der Waals surface area (Å²) in [5, 5.41) is 0. The van der Waals surface area contributed by atoms with Crippen LogP contribution in [0.5, 0.6) is 0 Å². The first-order valence-corrected chi connectivity index (χ1v) is 7.55. The number of methoxy groups -OCH3 is 1. The van der Waals surface area contributed by atoms with E-state index >= 15 is 0 Å². The summed E-state index contributed by atoms with van der Waals surface area (Å²) >= 11 is 0. The van der Waals surface area contributed by atoms with Crippen molar-refractivity contribution < 1.29 is 24.0 Å². The van der Waals surface area contributed by atoms with Gasteiger partial charge < -0.3 is 9.57 Å². The lowest BCUT2D eigenvalue weighted by Gasteiger charge is -2.35. The highest BCUT2D eigenvalue weighted by molar-refractivity contribution is 6.27. The summed E-state index contributed by atoms with van der Waals surface area (Å²) < 4.78 is 4.72. The first-order valence-electron chi connectivity index (χ1n) is 7.55. The maximum Gasteiger partial charge on any atom is 0.317 e. The minimum Gasteiger partial charge on any atom is -0.468 e. The Morgan fingerprint density at radius 3 is 2.68 bits per heavy atom. The third-order valence-electron chi connectivity index (χ3n) is 3.74. The number of hydroxylamine groups is 1. The molecule has 1 aliphatic rings.